The Hall–Kier alpha value is -4.47. The van der Waals surface area contributed by atoms with E-state index in [2.05, 4.69) is 35.5 Å². The molecule has 0 aliphatic carbocycles. The van der Waals surface area contributed by atoms with E-state index >= 15 is 0 Å². The number of ketones is 1. The predicted molar refractivity (Wildman–Crippen MR) is 161 cm³/mol. The molecule has 2 N–H and O–H groups in total. The molecule has 0 radical (unpaired) electrons. The fourth-order valence-corrected chi connectivity index (χ4v) is 5.02. The molecule has 2 aromatic carbocycles. The third kappa shape index (κ3) is 8.30. The minimum atomic E-state index is -1.06. The highest BCUT2D eigenvalue weighted by molar-refractivity contribution is 5.96. The summed E-state index contributed by atoms with van der Waals surface area (Å²) < 4.78 is 7.23. The van der Waals surface area contributed by atoms with Crippen LogP contribution >= 0.6 is 0 Å². The van der Waals surface area contributed by atoms with Gasteiger partial charge in [-0.1, -0.05) is 68.8 Å². The van der Waals surface area contributed by atoms with Crippen molar-refractivity contribution in [1.29, 1.82) is 0 Å². The lowest BCUT2D eigenvalue weighted by Gasteiger charge is -2.34. The van der Waals surface area contributed by atoms with Gasteiger partial charge in [0.2, 0.25) is 11.8 Å². The van der Waals surface area contributed by atoms with E-state index in [4.69, 9.17) is 4.74 Å². The van der Waals surface area contributed by atoms with Crippen LogP contribution in [0.5, 0.6) is 5.88 Å². The van der Waals surface area contributed by atoms with E-state index in [1.165, 1.54) is 21.9 Å². The van der Waals surface area contributed by atoms with E-state index in [-0.39, 0.29) is 42.7 Å². The molecule has 0 bridgehead atoms. The van der Waals surface area contributed by atoms with Gasteiger partial charge in [-0.25, -0.2) is 4.68 Å². The molecule has 0 spiro atoms. The number of Topliss-reactive ketones (excluding diaryl/α,β-unsaturated/α-hetero) is 1. The molecular weight excluding hydrogens is 548 g/mol. The van der Waals surface area contributed by atoms with Gasteiger partial charge in [0, 0.05) is 31.0 Å². The van der Waals surface area contributed by atoms with Crippen molar-refractivity contribution in [3.05, 3.63) is 77.5 Å². The quantitative estimate of drug-likeness (QED) is 0.336. The lowest BCUT2D eigenvalue weighted by molar-refractivity contribution is -0.138. The van der Waals surface area contributed by atoms with Gasteiger partial charge in [0.1, 0.15) is 12.6 Å². The number of likely N-dealkylation sites (tertiary alicyclic amines) is 1. The first-order valence-corrected chi connectivity index (χ1v) is 14.6. The number of carboxylic acid groups (broad SMARTS) is 1. The number of rotatable bonds is 11. The Bertz CT molecular complexity index is 1450. The number of carboxylic acids is 1. The maximum atomic E-state index is 13.6. The summed E-state index contributed by atoms with van der Waals surface area (Å²) in [5.41, 5.74) is 2.43. The van der Waals surface area contributed by atoms with Crippen LogP contribution in [0.4, 0.5) is 0 Å². The molecule has 2 heterocycles. The van der Waals surface area contributed by atoms with E-state index in [9.17, 15) is 24.3 Å². The molecule has 3 aromatic rings. The number of piperidine rings is 1. The van der Waals surface area contributed by atoms with Gasteiger partial charge in [-0.05, 0) is 49.8 Å². The number of carbonyl (C=O) groups excluding carboxylic acids is 3. The van der Waals surface area contributed by atoms with Gasteiger partial charge in [0.05, 0.1) is 5.69 Å². The van der Waals surface area contributed by atoms with Gasteiger partial charge in [0.25, 0.3) is 5.91 Å². The van der Waals surface area contributed by atoms with Gasteiger partial charge in [-0.2, -0.15) is 5.10 Å². The van der Waals surface area contributed by atoms with Crippen LogP contribution < -0.4 is 10.1 Å². The zero-order valence-corrected chi connectivity index (χ0v) is 25.2. The summed E-state index contributed by atoms with van der Waals surface area (Å²) in [5, 5.41) is 16.5. The minimum Gasteiger partial charge on any atom is -0.481 e. The Morgan fingerprint density at radius 2 is 1.72 bits per heavy atom. The van der Waals surface area contributed by atoms with E-state index < -0.39 is 23.3 Å². The zero-order valence-electron chi connectivity index (χ0n) is 25.2. The highest BCUT2D eigenvalue weighted by Gasteiger charge is 2.31. The van der Waals surface area contributed by atoms with Crippen LogP contribution in [0, 0.1) is 12.3 Å². The summed E-state index contributed by atoms with van der Waals surface area (Å²) in [4.78, 5) is 52.6. The van der Waals surface area contributed by atoms with Crippen molar-refractivity contribution >= 4 is 23.6 Å². The van der Waals surface area contributed by atoms with Crippen molar-refractivity contribution in [3.8, 4) is 11.6 Å². The number of ether oxygens (including phenoxy) is 1. The number of aliphatic carboxylic acids is 1. The number of aromatic nitrogens is 2. The first-order valence-electron chi connectivity index (χ1n) is 14.6. The Morgan fingerprint density at radius 3 is 2.35 bits per heavy atom. The van der Waals surface area contributed by atoms with Crippen LogP contribution in [0.3, 0.4) is 0 Å². The Balaban J connectivity index is 1.50. The summed E-state index contributed by atoms with van der Waals surface area (Å²) in [7, 11) is 0. The molecule has 10 nitrogen and oxygen atoms in total. The molecule has 1 saturated heterocycles. The van der Waals surface area contributed by atoms with Crippen molar-refractivity contribution in [2.45, 2.75) is 65.3 Å². The second kappa shape index (κ2) is 13.7. The summed E-state index contributed by atoms with van der Waals surface area (Å²) in [6.45, 7) is 8.27. The summed E-state index contributed by atoms with van der Waals surface area (Å²) in [5.74, 6) is -1.60. The molecule has 10 heteroatoms. The summed E-state index contributed by atoms with van der Waals surface area (Å²) in [6, 6.07) is 17.8. The largest absolute Gasteiger partial charge is 0.481 e. The minimum absolute atomic E-state index is 0.0201. The highest BCUT2D eigenvalue weighted by atomic mass is 16.5. The monoisotopic (exact) mass is 588 g/mol. The van der Waals surface area contributed by atoms with E-state index in [1.54, 1.807) is 37.8 Å². The van der Waals surface area contributed by atoms with Gasteiger partial charge >= 0.3 is 5.97 Å². The Morgan fingerprint density at radius 1 is 1.02 bits per heavy atom. The fourth-order valence-electron chi connectivity index (χ4n) is 5.02. The predicted octanol–water partition coefficient (Wildman–Crippen LogP) is 4.54. The molecular formula is C33H40N4O6. The number of para-hydroxylation sites is 1. The zero-order chi connectivity index (χ0) is 31.1. The number of aryl methyl sites for hydroxylation is 1. The number of carbonyl (C=O) groups is 4. The van der Waals surface area contributed by atoms with Crippen molar-refractivity contribution < 1.29 is 29.0 Å². The van der Waals surface area contributed by atoms with Gasteiger partial charge in [-0.3, -0.25) is 19.2 Å². The average molecular weight is 589 g/mol. The van der Waals surface area contributed by atoms with Crippen LogP contribution in [0.1, 0.15) is 74.0 Å². The van der Waals surface area contributed by atoms with Crippen LogP contribution in [-0.2, 0) is 14.4 Å². The molecule has 43 heavy (non-hydrogen) atoms. The number of amides is 2. The number of nitrogens with zero attached hydrogens (tertiary/aromatic N) is 3. The molecule has 228 valence electrons. The fraction of sp³-hybridized carbons (Fsp3) is 0.424. The normalized spacial score (nSPS) is 14.7. The molecule has 2 amide bonds. The van der Waals surface area contributed by atoms with Crippen LogP contribution in [0.15, 0.2) is 60.7 Å². The summed E-state index contributed by atoms with van der Waals surface area (Å²) >= 11 is 0. The van der Waals surface area contributed by atoms with Crippen LogP contribution in [-0.4, -0.2) is 69.1 Å². The third-order valence-electron chi connectivity index (χ3n) is 7.67. The standard InChI is InChI=1S/C33H40N4O6/c1-22-9-8-10-24(19-22)23-15-17-36(18-16-23)32(42)26(13-14-30(39)40)34-31(41)27-20-29(43-21-28(38)33(2,3)4)37(35-27)25-11-6-5-7-12-25/h5-12,19-20,23,26H,13-18,21H2,1-4H3,(H,34,41)(H,39,40)/t26-/m0/s1. The number of hydrogen-bond donors (Lipinski definition) is 2. The lowest BCUT2D eigenvalue weighted by atomic mass is 9.88. The second-order valence-electron chi connectivity index (χ2n) is 12.0. The molecule has 4 rings (SSSR count). The molecule has 1 fully saturated rings. The first kappa shape index (κ1) is 31.5. The summed E-state index contributed by atoms with van der Waals surface area (Å²) in [6.07, 6.45) is 1.23. The van der Waals surface area contributed by atoms with E-state index in [1.807, 2.05) is 24.3 Å². The third-order valence-corrected chi connectivity index (χ3v) is 7.67. The topological polar surface area (TPSA) is 131 Å². The maximum absolute atomic E-state index is 13.6. The number of benzene rings is 2. The van der Waals surface area contributed by atoms with Crippen LogP contribution in [0.2, 0.25) is 0 Å². The maximum Gasteiger partial charge on any atom is 0.303 e. The van der Waals surface area contributed by atoms with Crippen molar-refractivity contribution in [2.24, 2.45) is 5.41 Å². The van der Waals surface area contributed by atoms with Crippen LogP contribution in [0.25, 0.3) is 5.69 Å². The molecule has 1 aliphatic rings. The smallest absolute Gasteiger partial charge is 0.303 e. The SMILES string of the molecule is Cc1cccc(C2CCN(C(=O)[C@H](CCC(=O)O)NC(=O)c3cc(OCC(=O)C(C)(C)C)n(-c4ccccc4)n3)CC2)c1. The molecule has 0 unspecified atom stereocenters. The Kier molecular flexibility index (Phi) is 10.0. The van der Waals surface area contributed by atoms with Gasteiger partial charge in [-0.15, -0.1) is 0 Å². The number of nitrogens with one attached hydrogen (secondary N) is 1. The second-order valence-corrected chi connectivity index (χ2v) is 12.0. The van der Waals surface area contributed by atoms with Crippen molar-refractivity contribution in [1.82, 2.24) is 20.0 Å². The highest BCUT2D eigenvalue weighted by Crippen LogP contribution is 2.29. The van der Waals surface area contributed by atoms with E-state index in [0.717, 1.165) is 12.8 Å². The van der Waals surface area contributed by atoms with E-state index in [0.29, 0.717) is 24.7 Å². The van der Waals surface area contributed by atoms with Crippen molar-refractivity contribution in [3.63, 3.8) is 0 Å². The molecule has 1 aromatic heterocycles. The molecule has 1 aliphatic heterocycles. The first-order chi connectivity index (χ1) is 20.4. The lowest BCUT2D eigenvalue weighted by Crippen LogP contribution is -2.50. The number of hydrogen-bond acceptors (Lipinski definition) is 6. The molecule has 1 atom stereocenters. The Labute approximate surface area is 252 Å². The van der Waals surface area contributed by atoms with Crippen molar-refractivity contribution in [2.75, 3.05) is 19.7 Å². The average Bonchev–Trinajstić information content (AvgIpc) is 3.42. The van der Waals surface area contributed by atoms with Gasteiger partial charge < -0.3 is 20.1 Å². The van der Waals surface area contributed by atoms with Gasteiger partial charge in [0.15, 0.2) is 11.5 Å². The molecule has 0 saturated carbocycles.